The van der Waals surface area contributed by atoms with Crippen LogP contribution < -0.4 is 4.74 Å². The van der Waals surface area contributed by atoms with Crippen molar-refractivity contribution in [3.8, 4) is 5.75 Å². The molecule has 1 aliphatic carbocycles. The van der Waals surface area contributed by atoms with Crippen molar-refractivity contribution in [2.75, 3.05) is 27.2 Å². The van der Waals surface area contributed by atoms with E-state index in [-0.39, 0.29) is 42.5 Å². The van der Waals surface area contributed by atoms with Crippen LogP contribution in [-0.2, 0) is 0 Å². The van der Waals surface area contributed by atoms with Crippen molar-refractivity contribution >= 4 is 24.8 Å². The summed E-state index contributed by atoms with van der Waals surface area (Å²) >= 11 is 0. The van der Waals surface area contributed by atoms with Crippen LogP contribution in [0.15, 0.2) is 24.3 Å². The number of halogens is 5. The molecule has 3 unspecified atom stereocenters. The average molecular weight is 487 g/mol. The quantitative estimate of drug-likeness (QED) is 0.617. The minimum atomic E-state index is -4.72. The van der Waals surface area contributed by atoms with Gasteiger partial charge in [-0.25, -0.2) is 0 Å². The van der Waals surface area contributed by atoms with Gasteiger partial charge in [0.1, 0.15) is 5.75 Å². The predicted octanol–water partition coefficient (Wildman–Crippen LogP) is 5.23. The highest BCUT2D eigenvalue weighted by Gasteiger charge is 2.47. The zero-order chi connectivity index (χ0) is 21.2. The summed E-state index contributed by atoms with van der Waals surface area (Å²) in [6.07, 6.45) is 1.11. The Kier molecular flexibility index (Phi) is 10.4. The van der Waals surface area contributed by atoms with Crippen LogP contribution in [-0.4, -0.2) is 66.1 Å². The predicted molar refractivity (Wildman–Crippen MR) is 122 cm³/mol. The summed E-state index contributed by atoms with van der Waals surface area (Å²) < 4.78 is 42.0. The van der Waals surface area contributed by atoms with E-state index in [1.807, 2.05) is 6.92 Å². The van der Waals surface area contributed by atoms with E-state index in [1.54, 1.807) is 12.1 Å². The van der Waals surface area contributed by atoms with Crippen LogP contribution in [0.4, 0.5) is 13.2 Å². The lowest BCUT2D eigenvalue weighted by molar-refractivity contribution is -0.274. The number of aliphatic hydroxyl groups is 1. The number of likely N-dealkylation sites (N-methyl/N-ethyl adjacent to an activating group) is 1. The first kappa shape index (κ1) is 28.3. The lowest BCUT2D eigenvalue weighted by Crippen LogP contribution is -2.60. The van der Waals surface area contributed by atoms with Crippen LogP contribution in [0.3, 0.4) is 0 Å². The number of benzene rings is 1. The summed E-state index contributed by atoms with van der Waals surface area (Å²) in [6, 6.07) is 6.56. The van der Waals surface area contributed by atoms with E-state index in [0.717, 1.165) is 45.2 Å². The first-order valence-corrected chi connectivity index (χ1v) is 10.6. The molecule has 1 aliphatic heterocycles. The first-order valence-electron chi connectivity index (χ1n) is 10.6. The average Bonchev–Trinajstić information content (AvgIpc) is 2.66. The Hall–Kier alpha value is -0.730. The molecule has 1 saturated heterocycles. The highest BCUT2D eigenvalue weighted by atomic mass is 35.5. The van der Waals surface area contributed by atoms with Crippen LogP contribution in [0.1, 0.15) is 56.9 Å². The molecule has 2 fully saturated rings. The molecule has 4 nitrogen and oxygen atoms in total. The zero-order valence-corrected chi connectivity index (χ0v) is 20.0. The van der Waals surface area contributed by atoms with E-state index in [0.29, 0.717) is 18.0 Å². The molecule has 180 valence electrons. The Balaban J connectivity index is 0.00000240. The van der Waals surface area contributed by atoms with E-state index >= 15 is 0 Å². The Morgan fingerprint density at radius 2 is 1.87 bits per heavy atom. The van der Waals surface area contributed by atoms with Crippen molar-refractivity contribution in [1.82, 2.24) is 9.80 Å². The topological polar surface area (TPSA) is 35.9 Å². The van der Waals surface area contributed by atoms with Gasteiger partial charge >= 0.3 is 6.36 Å². The van der Waals surface area contributed by atoms with Crippen molar-refractivity contribution in [2.24, 2.45) is 0 Å². The fraction of sp³-hybridized carbons (Fsp3) is 0.727. The standard InChI is InChI=1S/C22H33F3N2O2.2ClH/c1-16(17-8-6-10-19(14-17)29-22(23,24)25)21(28)12-5-4-11-20(21)27-13-7-9-18(15-27)26(2)3;;/h6,8,10,14,16,18,20,28H,4-5,7,9,11-13,15H2,1-3H3;2*1H/t16?,18-,20?,21?;;/m0../s1. The maximum Gasteiger partial charge on any atom is 0.573 e. The van der Waals surface area contributed by atoms with Gasteiger partial charge in [0.2, 0.25) is 0 Å². The van der Waals surface area contributed by atoms with Crippen LogP contribution in [0.5, 0.6) is 5.75 Å². The molecule has 4 atom stereocenters. The molecule has 31 heavy (non-hydrogen) atoms. The fourth-order valence-electron chi connectivity index (χ4n) is 5.12. The zero-order valence-electron chi connectivity index (χ0n) is 18.4. The SMILES string of the molecule is CC(c1cccc(OC(F)(F)F)c1)C1(O)CCCCC1N1CCC[C@H](N(C)C)C1.Cl.Cl. The van der Waals surface area contributed by atoms with Gasteiger partial charge in [0.15, 0.2) is 0 Å². The summed E-state index contributed by atoms with van der Waals surface area (Å²) in [5, 5.41) is 11.8. The number of nitrogens with zero attached hydrogens (tertiary/aromatic N) is 2. The molecule has 9 heteroatoms. The van der Waals surface area contributed by atoms with Gasteiger partial charge in [-0.05, 0) is 64.0 Å². The van der Waals surface area contributed by atoms with Crippen molar-refractivity contribution in [2.45, 2.75) is 75.4 Å². The molecule has 0 bridgehead atoms. The van der Waals surface area contributed by atoms with Crippen LogP contribution in [0, 0.1) is 0 Å². The van der Waals surface area contributed by atoms with Gasteiger partial charge in [-0.1, -0.05) is 31.9 Å². The van der Waals surface area contributed by atoms with E-state index in [1.165, 1.54) is 12.1 Å². The largest absolute Gasteiger partial charge is 0.573 e. The summed E-state index contributed by atoms with van der Waals surface area (Å²) in [4.78, 5) is 4.66. The minimum absolute atomic E-state index is 0. The van der Waals surface area contributed by atoms with Gasteiger partial charge in [-0.2, -0.15) is 0 Å². The van der Waals surface area contributed by atoms with Gasteiger partial charge in [-0.15, -0.1) is 38.0 Å². The van der Waals surface area contributed by atoms with Crippen molar-refractivity contribution in [3.63, 3.8) is 0 Å². The number of hydrogen-bond donors (Lipinski definition) is 1. The molecule has 0 radical (unpaired) electrons. The molecule has 1 aromatic rings. The lowest BCUT2D eigenvalue weighted by Gasteiger charge is -2.51. The number of piperidine rings is 1. The molecule has 2 aliphatic rings. The second-order valence-corrected chi connectivity index (χ2v) is 8.85. The minimum Gasteiger partial charge on any atom is -0.406 e. The normalized spacial score (nSPS) is 28.4. The monoisotopic (exact) mass is 486 g/mol. The van der Waals surface area contributed by atoms with Gasteiger partial charge in [0, 0.05) is 24.5 Å². The summed E-state index contributed by atoms with van der Waals surface area (Å²) in [5.74, 6) is -0.521. The van der Waals surface area contributed by atoms with Gasteiger partial charge in [-0.3, -0.25) is 4.90 Å². The molecule has 1 aromatic carbocycles. The molecule has 1 heterocycles. The molecule has 0 amide bonds. The Morgan fingerprint density at radius 3 is 2.52 bits per heavy atom. The van der Waals surface area contributed by atoms with Crippen molar-refractivity contribution in [3.05, 3.63) is 29.8 Å². The molecule has 1 saturated carbocycles. The van der Waals surface area contributed by atoms with E-state index in [9.17, 15) is 18.3 Å². The third-order valence-corrected chi connectivity index (χ3v) is 6.82. The third kappa shape index (κ3) is 6.87. The Bertz CT molecular complexity index is 693. The Labute approximate surface area is 195 Å². The van der Waals surface area contributed by atoms with E-state index in [4.69, 9.17) is 0 Å². The van der Waals surface area contributed by atoms with Crippen molar-refractivity contribution < 1.29 is 23.0 Å². The fourth-order valence-corrected chi connectivity index (χ4v) is 5.12. The molecule has 0 aromatic heterocycles. The van der Waals surface area contributed by atoms with E-state index < -0.39 is 12.0 Å². The maximum absolute atomic E-state index is 12.6. The third-order valence-electron chi connectivity index (χ3n) is 6.82. The molecule has 3 rings (SSSR count). The molecular formula is C22H35Cl2F3N2O2. The highest BCUT2D eigenvalue weighted by Crippen LogP contribution is 2.43. The number of hydrogen-bond acceptors (Lipinski definition) is 4. The number of rotatable bonds is 5. The second kappa shape index (κ2) is 11.4. The number of ether oxygens (including phenoxy) is 1. The van der Waals surface area contributed by atoms with Gasteiger partial charge in [0.05, 0.1) is 5.60 Å². The maximum atomic E-state index is 12.6. The second-order valence-electron chi connectivity index (χ2n) is 8.85. The summed E-state index contributed by atoms with van der Waals surface area (Å²) in [5.41, 5.74) is -0.286. The number of alkyl halides is 3. The van der Waals surface area contributed by atoms with Crippen LogP contribution in [0.2, 0.25) is 0 Å². The first-order chi connectivity index (χ1) is 13.6. The molecule has 0 spiro atoms. The smallest absolute Gasteiger partial charge is 0.406 e. The van der Waals surface area contributed by atoms with E-state index in [2.05, 4.69) is 28.6 Å². The number of likely N-dealkylation sites (tertiary alicyclic amines) is 1. The van der Waals surface area contributed by atoms with Gasteiger partial charge in [0.25, 0.3) is 0 Å². The summed E-state index contributed by atoms with van der Waals surface area (Å²) in [7, 11) is 4.19. The lowest BCUT2D eigenvalue weighted by atomic mass is 9.69. The summed E-state index contributed by atoms with van der Waals surface area (Å²) in [6.45, 7) is 3.81. The van der Waals surface area contributed by atoms with Crippen molar-refractivity contribution in [1.29, 1.82) is 0 Å². The van der Waals surface area contributed by atoms with Crippen LogP contribution >= 0.6 is 24.8 Å². The van der Waals surface area contributed by atoms with Crippen LogP contribution in [0.25, 0.3) is 0 Å². The van der Waals surface area contributed by atoms with Gasteiger partial charge < -0.3 is 14.7 Å². The molecule has 1 N–H and O–H groups in total. The molecular weight excluding hydrogens is 452 g/mol. The highest BCUT2D eigenvalue weighted by molar-refractivity contribution is 5.85. The Morgan fingerprint density at radius 1 is 1.16 bits per heavy atom.